The molecule has 27 heavy (non-hydrogen) atoms. The van der Waals surface area contributed by atoms with Gasteiger partial charge in [0, 0.05) is 57.1 Å². The molecule has 1 aromatic carbocycles. The number of piperazine rings is 1. The van der Waals surface area contributed by atoms with Crippen LogP contribution in [0.2, 0.25) is 0 Å². The summed E-state index contributed by atoms with van der Waals surface area (Å²) in [7, 11) is 0. The molecule has 0 radical (unpaired) electrons. The number of anilines is 2. The summed E-state index contributed by atoms with van der Waals surface area (Å²) in [5.41, 5.74) is 1.68. The van der Waals surface area contributed by atoms with Crippen LogP contribution in [-0.2, 0) is 9.47 Å². The Hall–Kier alpha value is -1.99. The van der Waals surface area contributed by atoms with E-state index in [0.717, 1.165) is 24.5 Å². The second-order valence-corrected chi connectivity index (χ2v) is 7.63. The Morgan fingerprint density at radius 1 is 1.19 bits per heavy atom. The molecule has 7 nitrogen and oxygen atoms in total. The molecule has 1 aliphatic heterocycles. The Labute approximate surface area is 162 Å². The van der Waals surface area contributed by atoms with E-state index in [1.165, 1.54) is 0 Å². The van der Waals surface area contributed by atoms with Crippen LogP contribution in [0.15, 0.2) is 24.3 Å². The molecular formula is C20H33N3O4. The number of carbonyl (C=O) groups is 1. The topological polar surface area (TPSA) is 74.3 Å². The van der Waals surface area contributed by atoms with Crippen molar-refractivity contribution in [3.05, 3.63) is 24.3 Å². The van der Waals surface area contributed by atoms with Gasteiger partial charge in [-0.05, 0) is 52.0 Å². The van der Waals surface area contributed by atoms with Crippen molar-refractivity contribution in [1.82, 2.24) is 4.90 Å². The summed E-state index contributed by atoms with van der Waals surface area (Å²) in [6, 6.07) is 8.21. The van der Waals surface area contributed by atoms with Crippen molar-refractivity contribution in [1.29, 1.82) is 0 Å². The van der Waals surface area contributed by atoms with Crippen LogP contribution in [0.25, 0.3) is 0 Å². The van der Waals surface area contributed by atoms with Crippen molar-refractivity contribution in [2.24, 2.45) is 0 Å². The van der Waals surface area contributed by atoms with Gasteiger partial charge in [0.15, 0.2) is 6.29 Å². The Kier molecular flexibility index (Phi) is 7.74. The Morgan fingerprint density at radius 3 is 2.37 bits per heavy atom. The van der Waals surface area contributed by atoms with E-state index >= 15 is 0 Å². The van der Waals surface area contributed by atoms with Gasteiger partial charge in [-0.15, -0.1) is 0 Å². The normalized spacial score (nSPS) is 16.2. The first-order chi connectivity index (χ1) is 12.8. The number of nitrogens with zero attached hydrogens (tertiary/aromatic N) is 2. The largest absolute Gasteiger partial charge is 0.444 e. The van der Waals surface area contributed by atoms with E-state index in [4.69, 9.17) is 9.47 Å². The van der Waals surface area contributed by atoms with Crippen LogP contribution in [0.1, 0.15) is 34.1 Å². The quantitative estimate of drug-likeness (QED) is 0.710. The summed E-state index contributed by atoms with van der Waals surface area (Å²) >= 11 is 0. The van der Waals surface area contributed by atoms with Crippen molar-refractivity contribution in [2.45, 2.75) is 46.0 Å². The molecule has 2 N–H and O–H groups in total. The van der Waals surface area contributed by atoms with Crippen molar-refractivity contribution in [3.8, 4) is 0 Å². The average molecular weight is 380 g/mol. The molecule has 1 amide bonds. The van der Waals surface area contributed by atoms with Gasteiger partial charge in [0.2, 0.25) is 0 Å². The van der Waals surface area contributed by atoms with Crippen molar-refractivity contribution in [3.63, 3.8) is 0 Å². The molecule has 1 heterocycles. The molecule has 0 bridgehead atoms. The van der Waals surface area contributed by atoms with Crippen molar-refractivity contribution >= 4 is 17.5 Å². The van der Waals surface area contributed by atoms with Crippen LogP contribution < -0.4 is 10.2 Å². The number of hydrogen-bond donors (Lipinski definition) is 2. The van der Waals surface area contributed by atoms with E-state index in [1.54, 1.807) is 4.90 Å². The van der Waals surface area contributed by atoms with Gasteiger partial charge in [0.1, 0.15) is 5.60 Å². The Bertz CT molecular complexity index is 578. The van der Waals surface area contributed by atoms with E-state index in [9.17, 15) is 9.90 Å². The van der Waals surface area contributed by atoms with Gasteiger partial charge in [0.05, 0.1) is 0 Å². The van der Waals surface area contributed by atoms with Crippen molar-refractivity contribution < 1.29 is 19.4 Å². The molecule has 152 valence electrons. The van der Waals surface area contributed by atoms with E-state index in [1.807, 2.05) is 39.8 Å². The summed E-state index contributed by atoms with van der Waals surface area (Å²) < 4.78 is 10.5. The lowest BCUT2D eigenvalue weighted by Gasteiger charge is -2.36. The molecule has 1 fully saturated rings. The number of aliphatic hydroxyl groups is 1. The lowest BCUT2D eigenvalue weighted by molar-refractivity contribution is -0.0960. The summed E-state index contributed by atoms with van der Waals surface area (Å²) in [6.45, 7) is 11.6. The van der Waals surface area contributed by atoms with Gasteiger partial charge in [-0.2, -0.15) is 0 Å². The number of ether oxygens (including phenoxy) is 2. The predicted octanol–water partition coefficient (Wildman–Crippen LogP) is 2.90. The monoisotopic (exact) mass is 379 g/mol. The van der Waals surface area contributed by atoms with Crippen LogP contribution in [0.5, 0.6) is 0 Å². The fourth-order valence-corrected chi connectivity index (χ4v) is 2.88. The molecular weight excluding hydrogens is 346 g/mol. The molecule has 0 aromatic heterocycles. The SMILES string of the molecule is CCOC(O)CCNc1ccc(N2CCN(C(=O)OC(C)(C)C)CC2)cc1. The Balaban J connectivity index is 1.77. The molecule has 1 aliphatic rings. The van der Waals surface area contributed by atoms with Gasteiger partial charge >= 0.3 is 6.09 Å². The van der Waals surface area contributed by atoms with E-state index in [2.05, 4.69) is 22.3 Å². The zero-order chi connectivity index (χ0) is 19.9. The van der Waals surface area contributed by atoms with Crippen LogP contribution >= 0.6 is 0 Å². The first-order valence-corrected chi connectivity index (χ1v) is 9.65. The van der Waals surface area contributed by atoms with Crippen LogP contribution in [-0.4, -0.2) is 67.3 Å². The second-order valence-electron chi connectivity index (χ2n) is 7.63. The number of rotatable bonds is 7. The van der Waals surface area contributed by atoms with Crippen LogP contribution in [0.3, 0.4) is 0 Å². The zero-order valence-corrected chi connectivity index (χ0v) is 16.9. The predicted molar refractivity (Wildman–Crippen MR) is 107 cm³/mol. The maximum atomic E-state index is 12.1. The summed E-state index contributed by atoms with van der Waals surface area (Å²) in [6.07, 6.45) is -0.415. The van der Waals surface area contributed by atoms with E-state index < -0.39 is 11.9 Å². The van der Waals surface area contributed by atoms with E-state index in [0.29, 0.717) is 32.7 Å². The third-order valence-electron chi connectivity index (χ3n) is 4.24. The molecule has 1 saturated heterocycles. The molecule has 0 spiro atoms. The average Bonchev–Trinajstić information content (AvgIpc) is 2.61. The fourth-order valence-electron chi connectivity index (χ4n) is 2.88. The molecule has 1 unspecified atom stereocenters. The molecule has 1 aromatic rings. The first-order valence-electron chi connectivity index (χ1n) is 9.65. The summed E-state index contributed by atoms with van der Waals surface area (Å²) in [5.74, 6) is 0. The lowest BCUT2D eigenvalue weighted by Crippen LogP contribution is -2.50. The summed E-state index contributed by atoms with van der Waals surface area (Å²) in [4.78, 5) is 16.2. The first kappa shape index (κ1) is 21.3. The fraction of sp³-hybridized carbons (Fsp3) is 0.650. The zero-order valence-electron chi connectivity index (χ0n) is 16.9. The number of aliphatic hydroxyl groups excluding tert-OH is 1. The third-order valence-corrected chi connectivity index (χ3v) is 4.24. The van der Waals surface area contributed by atoms with Crippen LogP contribution in [0, 0.1) is 0 Å². The number of hydrogen-bond acceptors (Lipinski definition) is 6. The number of carbonyl (C=O) groups excluding carboxylic acids is 1. The minimum atomic E-state index is -0.719. The van der Waals surface area contributed by atoms with Crippen LogP contribution in [0.4, 0.5) is 16.2 Å². The highest BCUT2D eigenvalue weighted by molar-refractivity contribution is 5.68. The molecule has 0 saturated carbocycles. The summed E-state index contributed by atoms with van der Waals surface area (Å²) in [5, 5.41) is 12.8. The minimum Gasteiger partial charge on any atom is -0.444 e. The molecule has 7 heteroatoms. The van der Waals surface area contributed by atoms with Gasteiger partial charge in [0.25, 0.3) is 0 Å². The lowest BCUT2D eigenvalue weighted by atomic mass is 10.2. The third kappa shape index (κ3) is 7.27. The standard InChI is InChI=1S/C20H33N3O4/c1-5-26-18(24)10-11-21-16-6-8-17(9-7-16)22-12-14-23(15-13-22)19(25)27-20(2,3)4/h6-9,18,21,24H,5,10-15H2,1-4H3. The molecule has 2 rings (SSSR count). The van der Waals surface area contributed by atoms with Gasteiger partial charge < -0.3 is 29.7 Å². The van der Waals surface area contributed by atoms with Crippen molar-refractivity contribution in [2.75, 3.05) is 49.5 Å². The number of amides is 1. The minimum absolute atomic E-state index is 0.240. The molecule has 0 aliphatic carbocycles. The van der Waals surface area contributed by atoms with Gasteiger partial charge in [-0.3, -0.25) is 0 Å². The highest BCUT2D eigenvalue weighted by Crippen LogP contribution is 2.20. The maximum Gasteiger partial charge on any atom is 0.410 e. The highest BCUT2D eigenvalue weighted by Gasteiger charge is 2.25. The number of nitrogens with one attached hydrogen (secondary N) is 1. The Morgan fingerprint density at radius 2 is 1.81 bits per heavy atom. The molecule has 1 atom stereocenters. The maximum absolute atomic E-state index is 12.1. The highest BCUT2D eigenvalue weighted by atomic mass is 16.6. The van der Waals surface area contributed by atoms with E-state index in [-0.39, 0.29) is 6.09 Å². The van der Waals surface area contributed by atoms with Gasteiger partial charge in [-0.1, -0.05) is 0 Å². The smallest absolute Gasteiger partial charge is 0.410 e. The number of benzene rings is 1. The van der Waals surface area contributed by atoms with Gasteiger partial charge in [-0.25, -0.2) is 4.79 Å². The second kappa shape index (κ2) is 9.80.